The zero-order valence-corrected chi connectivity index (χ0v) is 10.4. The third-order valence-electron chi connectivity index (χ3n) is 3.80. The summed E-state index contributed by atoms with van der Waals surface area (Å²) in [7, 11) is 0. The largest absolute Gasteiger partial charge is 0.341 e. The molecule has 90 valence electrons. The second kappa shape index (κ2) is 4.19. The summed E-state index contributed by atoms with van der Waals surface area (Å²) in [5, 5.41) is 1.36. The Morgan fingerprint density at radius 1 is 1.35 bits per heavy atom. The summed E-state index contributed by atoms with van der Waals surface area (Å²) in [5.74, 6) is 0. The lowest BCUT2D eigenvalue weighted by molar-refractivity contribution is 0.314. The smallest absolute Gasteiger partial charge is 0.0485 e. The van der Waals surface area contributed by atoms with Crippen LogP contribution in [-0.2, 0) is 6.42 Å². The fourth-order valence-corrected chi connectivity index (χ4v) is 2.80. The molecule has 0 bridgehead atoms. The van der Waals surface area contributed by atoms with Gasteiger partial charge in [0.25, 0.3) is 0 Å². The maximum Gasteiger partial charge on any atom is 0.0485 e. The van der Waals surface area contributed by atoms with E-state index in [-0.39, 0.29) is 6.04 Å². The molecule has 1 aromatic heterocycles. The molecule has 1 atom stereocenters. The van der Waals surface area contributed by atoms with Gasteiger partial charge in [-0.3, -0.25) is 0 Å². The summed E-state index contributed by atoms with van der Waals surface area (Å²) in [4.78, 5) is 0. The van der Waals surface area contributed by atoms with Crippen LogP contribution in [0.3, 0.4) is 0 Å². The Bertz CT molecular complexity index is 521. The van der Waals surface area contributed by atoms with Crippen molar-refractivity contribution < 1.29 is 0 Å². The second-order valence-corrected chi connectivity index (χ2v) is 5.33. The van der Waals surface area contributed by atoms with E-state index < -0.39 is 0 Å². The van der Waals surface area contributed by atoms with Crippen LogP contribution in [0.2, 0.25) is 0 Å². The molecular weight excluding hydrogens is 208 g/mol. The number of hydrogen-bond donors (Lipinski definition) is 1. The predicted molar refractivity (Wildman–Crippen MR) is 72.2 cm³/mol. The number of nitrogens with two attached hydrogens (primary N) is 1. The minimum atomic E-state index is 0.234. The van der Waals surface area contributed by atoms with Gasteiger partial charge in [0, 0.05) is 29.7 Å². The molecule has 1 saturated carbocycles. The Labute approximate surface area is 102 Å². The zero-order valence-electron chi connectivity index (χ0n) is 10.4. The summed E-state index contributed by atoms with van der Waals surface area (Å²) >= 11 is 0. The van der Waals surface area contributed by atoms with Crippen molar-refractivity contribution >= 4 is 10.9 Å². The second-order valence-electron chi connectivity index (χ2n) is 5.33. The highest BCUT2D eigenvalue weighted by Gasteiger charge is 2.23. The molecule has 1 aliphatic carbocycles. The summed E-state index contributed by atoms with van der Waals surface area (Å²) in [6, 6.07) is 11.9. The van der Waals surface area contributed by atoms with Gasteiger partial charge in [0.05, 0.1) is 0 Å². The average Bonchev–Trinajstić information content (AvgIpc) is 2.54. The van der Waals surface area contributed by atoms with Gasteiger partial charge in [-0.15, -0.1) is 0 Å². The quantitative estimate of drug-likeness (QED) is 0.859. The minimum Gasteiger partial charge on any atom is -0.341 e. The topological polar surface area (TPSA) is 30.9 Å². The van der Waals surface area contributed by atoms with Gasteiger partial charge in [-0.25, -0.2) is 0 Å². The molecule has 1 heterocycles. The molecule has 0 saturated heterocycles. The molecular formula is C15H20N2. The molecule has 3 rings (SSSR count). The van der Waals surface area contributed by atoms with E-state index in [0.29, 0.717) is 6.04 Å². The Morgan fingerprint density at radius 3 is 2.76 bits per heavy atom. The Balaban J connectivity index is 2.11. The monoisotopic (exact) mass is 228 g/mol. The van der Waals surface area contributed by atoms with Crippen LogP contribution in [0.15, 0.2) is 30.3 Å². The van der Waals surface area contributed by atoms with Crippen LogP contribution in [0.1, 0.15) is 37.9 Å². The van der Waals surface area contributed by atoms with Crippen LogP contribution in [-0.4, -0.2) is 10.6 Å². The predicted octanol–water partition coefficient (Wildman–Crippen LogP) is 3.26. The van der Waals surface area contributed by atoms with E-state index in [1.807, 2.05) is 0 Å². The van der Waals surface area contributed by atoms with Gasteiger partial charge >= 0.3 is 0 Å². The first-order valence-electron chi connectivity index (χ1n) is 6.60. The van der Waals surface area contributed by atoms with Gasteiger partial charge in [-0.1, -0.05) is 18.2 Å². The molecule has 0 spiro atoms. The van der Waals surface area contributed by atoms with E-state index in [0.717, 1.165) is 6.42 Å². The van der Waals surface area contributed by atoms with E-state index in [4.69, 9.17) is 5.73 Å². The van der Waals surface area contributed by atoms with E-state index in [2.05, 4.69) is 41.8 Å². The maximum absolute atomic E-state index is 5.96. The standard InChI is InChI=1S/C15H20N2/c1-11(16)9-14-10-12-5-2-3-8-15(12)17(14)13-6-4-7-13/h2-3,5,8,10-11,13H,4,6-7,9,16H2,1H3. The van der Waals surface area contributed by atoms with Crippen molar-refractivity contribution in [3.63, 3.8) is 0 Å². The maximum atomic E-state index is 5.96. The summed E-state index contributed by atoms with van der Waals surface area (Å²) < 4.78 is 2.53. The normalized spacial score (nSPS) is 18.2. The Kier molecular flexibility index (Phi) is 2.67. The van der Waals surface area contributed by atoms with Crippen molar-refractivity contribution in [1.29, 1.82) is 0 Å². The first kappa shape index (κ1) is 10.8. The SMILES string of the molecule is CC(N)Cc1cc2ccccc2n1C1CCC1. The first-order chi connectivity index (χ1) is 8.25. The third kappa shape index (κ3) is 1.87. The number of para-hydroxylation sites is 1. The summed E-state index contributed by atoms with van der Waals surface area (Å²) in [6.45, 7) is 2.09. The number of benzene rings is 1. The van der Waals surface area contributed by atoms with Crippen molar-refractivity contribution in [2.24, 2.45) is 5.73 Å². The van der Waals surface area contributed by atoms with Gasteiger partial charge in [-0.05, 0) is 43.7 Å². The van der Waals surface area contributed by atoms with Crippen molar-refractivity contribution in [1.82, 2.24) is 4.57 Å². The van der Waals surface area contributed by atoms with Gasteiger partial charge in [0.15, 0.2) is 0 Å². The van der Waals surface area contributed by atoms with Crippen LogP contribution in [0.25, 0.3) is 10.9 Å². The number of hydrogen-bond acceptors (Lipinski definition) is 1. The molecule has 17 heavy (non-hydrogen) atoms. The molecule has 2 nitrogen and oxygen atoms in total. The fourth-order valence-electron chi connectivity index (χ4n) is 2.80. The molecule has 2 heteroatoms. The van der Waals surface area contributed by atoms with Crippen LogP contribution >= 0.6 is 0 Å². The van der Waals surface area contributed by atoms with Crippen LogP contribution < -0.4 is 5.73 Å². The number of nitrogens with zero attached hydrogens (tertiary/aromatic N) is 1. The summed E-state index contributed by atoms with van der Waals surface area (Å²) in [6.07, 6.45) is 5.00. The van der Waals surface area contributed by atoms with E-state index >= 15 is 0 Å². The molecule has 1 aromatic carbocycles. The minimum absolute atomic E-state index is 0.234. The molecule has 2 aromatic rings. The Hall–Kier alpha value is -1.28. The third-order valence-corrected chi connectivity index (χ3v) is 3.80. The average molecular weight is 228 g/mol. The van der Waals surface area contributed by atoms with Crippen molar-refractivity contribution in [3.8, 4) is 0 Å². The van der Waals surface area contributed by atoms with E-state index in [9.17, 15) is 0 Å². The van der Waals surface area contributed by atoms with Crippen molar-refractivity contribution in [2.45, 2.75) is 44.7 Å². The first-order valence-corrected chi connectivity index (χ1v) is 6.60. The fraction of sp³-hybridized carbons (Fsp3) is 0.467. The molecule has 0 radical (unpaired) electrons. The van der Waals surface area contributed by atoms with Crippen LogP contribution in [0, 0.1) is 0 Å². The van der Waals surface area contributed by atoms with Crippen LogP contribution in [0.4, 0.5) is 0 Å². The number of aromatic nitrogens is 1. The highest BCUT2D eigenvalue weighted by atomic mass is 15.0. The zero-order chi connectivity index (χ0) is 11.8. The number of rotatable bonds is 3. The van der Waals surface area contributed by atoms with Gasteiger partial charge in [-0.2, -0.15) is 0 Å². The molecule has 1 aliphatic rings. The summed E-state index contributed by atoms with van der Waals surface area (Å²) in [5.41, 5.74) is 8.75. The van der Waals surface area contributed by atoms with Crippen molar-refractivity contribution in [2.75, 3.05) is 0 Å². The van der Waals surface area contributed by atoms with Gasteiger partial charge < -0.3 is 10.3 Å². The lowest BCUT2D eigenvalue weighted by Gasteiger charge is -2.30. The van der Waals surface area contributed by atoms with Gasteiger partial charge in [0.2, 0.25) is 0 Å². The highest BCUT2D eigenvalue weighted by Crippen LogP contribution is 2.36. The van der Waals surface area contributed by atoms with Crippen molar-refractivity contribution in [3.05, 3.63) is 36.0 Å². The molecule has 2 N–H and O–H groups in total. The Morgan fingerprint density at radius 2 is 2.12 bits per heavy atom. The number of fused-ring (bicyclic) bond motifs is 1. The molecule has 1 fully saturated rings. The highest BCUT2D eigenvalue weighted by molar-refractivity contribution is 5.81. The van der Waals surface area contributed by atoms with Gasteiger partial charge in [0.1, 0.15) is 0 Å². The lowest BCUT2D eigenvalue weighted by Crippen LogP contribution is -2.24. The molecule has 1 unspecified atom stereocenters. The van der Waals surface area contributed by atoms with E-state index in [1.54, 1.807) is 0 Å². The molecule has 0 amide bonds. The van der Waals surface area contributed by atoms with E-state index in [1.165, 1.54) is 35.9 Å². The molecule has 0 aliphatic heterocycles. The lowest BCUT2D eigenvalue weighted by atomic mass is 9.92. The van der Waals surface area contributed by atoms with Crippen LogP contribution in [0.5, 0.6) is 0 Å².